The lowest BCUT2D eigenvalue weighted by molar-refractivity contribution is 0.283. The van der Waals surface area contributed by atoms with Crippen molar-refractivity contribution in [3.8, 4) is 0 Å². The number of fused-ring (bicyclic) bond motifs is 1. The maximum absolute atomic E-state index is 12.6. The minimum absolute atomic E-state index is 0.145. The lowest BCUT2D eigenvalue weighted by Crippen LogP contribution is -2.40. The topological polar surface area (TPSA) is 42.3 Å². The summed E-state index contributed by atoms with van der Waals surface area (Å²) < 4.78 is 29.0. The van der Waals surface area contributed by atoms with Crippen LogP contribution in [-0.4, -0.2) is 23.8 Å². The first kappa shape index (κ1) is 15.1. The predicted octanol–water partition coefficient (Wildman–Crippen LogP) is 3.17. The molecule has 2 aromatic rings. The lowest BCUT2D eigenvalue weighted by Gasteiger charge is -2.33. The van der Waals surface area contributed by atoms with E-state index < -0.39 is 10.0 Å². The smallest absolute Gasteiger partial charge is 0.236 e. The first-order chi connectivity index (χ1) is 10.5. The number of nitrogens with zero attached hydrogens (tertiary/aromatic N) is 2. The molecule has 0 N–H and O–H groups in total. The maximum Gasteiger partial charge on any atom is 0.236 e. The molecular weight excluding hydrogens is 296 g/mol. The zero-order chi connectivity index (χ0) is 15.7. The van der Waals surface area contributed by atoms with Gasteiger partial charge in [-0.2, -0.15) is 4.31 Å². The van der Waals surface area contributed by atoms with Gasteiger partial charge in [-0.15, -0.1) is 0 Å². The van der Waals surface area contributed by atoms with E-state index in [-0.39, 0.29) is 6.04 Å². The largest absolute Gasteiger partial charge is 0.346 e. The van der Waals surface area contributed by atoms with Crippen LogP contribution in [0.1, 0.15) is 29.9 Å². The van der Waals surface area contributed by atoms with Gasteiger partial charge < -0.3 is 4.57 Å². The summed E-state index contributed by atoms with van der Waals surface area (Å²) in [5.41, 5.74) is 3.12. The molecule has 0 radical (unpaired) electrons. The molecule has 1 atom stereocenters. The van der Waals surface area contributed by atoms with E-state index in [1.807, 2.05) is 49.4 Å². The average molecular weight is 316 g/mol. The minimum Gasteiger partial charge on any atom is -0.346 e. The van der Waals surface area contributed by atoms with Gasteiger partial charge in [0.05, 0.1) is 6.04 Å². The Morgan fingerprint density at radius 3 is 2.55 bits per heavy atom. The summed E-state index contributed by atoms with van der Waals surface area (Å²) in [6, 6.07) is 13.4. The van der Waals surface area contributed by atoms with E-state index in [0.29, 0.717) is 13.1 Å². The van der Waals surface area contributed by atoms with Crippen LogP contribution in [0, 0.1) is 6.92 Å². The van der Waals surface area contributed by atoms with E-state index in [9.17, 15) is 8.42 Å². The molecule has 0 saturated carbocycles. The highest BCUT2D eigenvalue weighted by molar-refractivity contribution is 7.92. The van der Waals surface area contributed by atoms with E-state index in [4.69, 9.17) is 0 Å². The van der Waals surface area contributed by atoms with Crippen molar-refractivity contribution < 1.29 is 8.42 Å². The molecule has 0 spiro atoms. The summed E-state index contributed by atoms with van der Waals surface area (Å²) in [5.74, 6) is 0. The molecule has 0 amide bonds. The fourth-order valence-electron chi connectivity index (χ4n) is 2.95. The maximum atomic E-state index is 12.6. The molecule has 22 heavy (non-hydrogen) atoms. The number of rotatable bonds is 3. The Hall–Kier alpha value is -1.85. The van der Waals surface area contributed by atoms with Crippen LogP contribution < -0.4 is 0 Å². The lowest BCUT2D eigenvalue weighted by atomic mass is 10.2. The molecule has 1 aromatic heterocycles. The van der Waals surface area contributed by atoms with E-state index in [2.05, 4.69) is 11.5 Å². The van der Waals surface area contributed by atoms with Crippen LogP contribution in [0.5, 0.6) is 0 Å². The van der Waals surface area contributed by atoms with Gasteiger partial charge in [-0.3, -0.25) is 0 Å². The van der Waals surface area contributed by atoms with Crippen molar-refractivity contribution in [3.05, 3.63) is 64.8 Å². The van der Waals surface area contributed by atoms with Crippen molar-refractivity contribution in [3.63, 3.8) is 0 Å². The third kappa shape index (κ3) is 2.74. The zero-order valence-corrected chi connectivity index (χ0v) is 13.6. The quantitative estimate of drug-likeness (QED) is 0.873. The van der Waals surface area contributed by atoms with Crippen molar-refractivity contribution in [2.45, 2.75) is 26.4 Å². The van der Waals surface area contributed by atoms with Crippen molar-refractivity contribution in [2.24, 2.45) is 0 Å². The van der Waals surface area contributed by atoms with Gasteiger partial charge in [0.1, 0.15) is 0 Å². The summed E-state index contributed by atoms with van der Waals surface area (Å²) in [4.78, 5) is 0. The van der Waals surface area contributed by atoms with E-state index in [1.165, 1.54) is 11.1 Å². The van der Waals surface area contributed by atoms with Gasteiger partial charge in [0.2, 0.25) is 10.0 Å². The number of hydrogen-bond acceptors (Lipinski definition) is 2. The summed E-state index contributed by atoms with van der Waals surface area (Å²) in [5, 5.41) is 1.31. The van der Waals surface area contributed by atoms with Crippen LogP contribution in [0.2, 0.25) is 0 Å². The number of aromatic nitrogens is 1. The van der Waals surface area contributed by atoms with Crippen LogP contribution in [0.4, 0.5) is 0 Å². The van der Waals surface area contributed by atoms with E-state index in [1.54, 1.807) is 10.4 Å². The molecule has 4 nitrogen and oxygen atoms in total. The molecule has 2 heterocycles. The van der Waals surface area contributed by atoms with Crippen molar-refractivity contribution in [1.29, 1.82) is 0 Å². The highest BCUT2D eigenvalue weighted by atomic mass is 32.2. The molecular formula is C17H20N2O2S. The van der Waals surface area contributed by atoms with Crippen LogP contribution >= 0.6 is 0 Å². The van der Waals surface area contributed by atoms with Crippen LogP contribution in [0.3, 0.4) is 0 Å². The molecule has 0 bridgehead atoms. The van der Waals surface area contributed by atoms with Gasteiger partial charge >= 0.3 is 0 Å². The van der Waals surface area contributed by atoms with Gasteiger partial charge in [0.25, 0.3) is 0 Å². The Bertz CT molecular complexity index is 791. The number of hydrogen-bond donors (Lipinski definition) is 0. The molecule has 0 aliphatic carbocycles. The first-order valence-electron chi connectivity index (χ1n) is 7.40. The monoisotopic (exact) mass is 316 g/mol. The van der Waals surface area contributed by atoms with Gasteiger partial charge in [-0.05, 0) is 37.6 Å². The van der Waals surface area contributed by atoms with Crippen LogP contribution in [0.25, 0.3) is 6.08 Å². The molecule has 3 rings (SSSR count). The summed E-state index contributed by atoms with van der Waals surface area (Å²) in [7, 11) is -3.42. The fraction of sp³-hybridized carbons (Fsp3) is 0.294. The molecule has 1 aliphatic rings. The highest BCUT2D eigenvalue weighted by Crippen LogP contribution is 2.30. The van der Waals surface area contributed by atoms with Crippen molar-refractivity contribution >= 4 is 16.1 Å². The minimum atomic E-state index is -3.42. The third-order valence-corrected chi connectivity index (χ3v) is 5.83. The summed E-state index contributed by atoms with van der Waals surface area (Å²) >= 11 is 0. The molecule has 0 fully saturated rings. The van der Waals surface area contributed by atoms with E-state index >= 15 is 0 Å². The second-order valence-electron chi connectivity index (χ2n) is 5.60. The van der Waals surface area contributed by atoms with E-state index in [0.717, 1.165) is 11.3 Å². The number of aryl methyl sites for hydroxylation is 1. The summed E-state index contributed by atoms with van der Waals surface area (Å²) in [6.45, 7) is 5.20. The molecule has 116 valence electrons. The van der Waals surface area contributed by atoms with Crippen molar-refractivity contribution in [2.75, 3.05) is 6.54 Å². The van der Waals surface area contributed by atoms with Gasteiger partial charge in [0.15, 0.2) is 0 Å². The summed E-state index contributed by atoms with van der Waals surface area (Å²) in [6.07, 6.45) is 1.65. The van der Waals surface area contributed by atoms with Gasteiger partial charge in [-0.1, -0.05) is 30.3 Å². The molecule has 5 heteroatoms. The predicted molar refractivity (Wildman–Crippen MR) is 88.7 cm³/mol. The van der Waals surface area contributed by atoms with Gasteiger partial charge in [-0.25, -0.2) is 8.42 Å². The Morgan fingerprint density at radius 1 is 1.09 bits per heavy atom. The molecule has 0 unspecified atom stereocenters. The standard InChI is InChI=1S/C17H20N2O2S/c1-14-8-9-17-15(2)19(12-11-18(14)17)22(20,21)13-10-16-6-4-3-5-7-16/h3-10,13,15H,11-12H2,1-2H3/b13-10+/t15-/m0/s1. The van der Waals surface area contributed by atoms with Crippen molar-refractivity contribution in [1.82, 2.24) is 8.87 Å². The van der Waals surface area contributed by atoms with Crippen LogP contribution in [-0.2, 0) is 16.6 Å². The Kier molecular flexibility index (Phi) is 3.93. The molecule has 1 aromatic carbocycles. The highest BCUT2D eigenvalue weighted by Gasteiger charge is 2.31. The number of benzene rings is 1. The molecule has 0 saturated heterocycles. The zero-order valence-electron chi connectivity index (χ0n) is 12.8. The SMILES string of the molecule is Cc1ccc2n1CCN(S(=O)(=O)/C=C/c1ccccc1)[C@H]2C. The van der Waals surface area contributed by atoms with Gasteiger partial charge in [0, 0.05) is 29.9 Å². The third-order valence-electron chi connectivity index (χ3n) is 4.20. The van der Waals surface area contributed by atoms with Crippen LogP contribution in [0.15, 0.2) is 47.9 Å². The first-order valence-corrected chi connectivity index (χ1v) is 8.90. The fourth-order valence-corrected chi connectivity index (χ4v) is 4.32. The molecule has 1 aliphatic heterocycles. The average Bonchev–Trinajstić information content (AvgIpc) is 2.89. The number of sulfonamides is 1. The Morgan fingerprint density at radius 2 is 1.82 bits per heavy atom. The normalized spacial score (nSPS) is 19.5. The second-order valence-corrected chi connectivity index (χ2v) is 7.37. The second kappa shape index (κ2) is 5.74. The Labute approximate surface area is 131 Å². The Balaban J connectivity index is 1.86.